The first kappa shape index (κ1) is 21.4. The minimum absolute atomic E-state index is 0.0516. The van der Waals surface area contributed by atoms with E-state index in [1.807, 2.05) is 7.05 Å². The Kier molecular flexibility index (Phi) is 6.73. The average Bonchev–Trinajstić information content (AvgIpc) is 2.74. The largest absolute Gasteiger partial charge is 0.497 e. The second-order valence-corrected chi connectivity index (χ2v) is 7.27. The molecule has 1 aliphatic rings. The summed E-state index contributed by atoms with van der Waals surface area (Å²) >= 11 is 0. The van der Waals surface area contributed by atoms with Crippen molar-refractivity contribution in [3.63, 3.8) is 0 Å². The maximum atomic E-state index is 12.9. The number of aromatic nitrogens is 1. The van der Waals surface area contributed by atoms with Gasteiger partial charge in [-0.25, -0.2) is 4.79 Å². The van der Waals surface area contributed by atoms with Gasteiger partial charge < -0.3 is 29.7 Å². The van der Waals surface area contributed by atoms with Crippen LogP contribution in [0.3, 0.4) is 0 Å². The van der Waals surface area contributed by atoms with Gasteiger partial charge in [-0.3, -0.25) is 9.59 Å². The van der Waals surface area contributed by atoms with Gasteiger partial charge in [0.1, 0.15) is 18.0 Å². The highest BCUT2D eigenvalue weighted by Gasteiger charge is 2.20. The lowest BCUT2D eigenvalue weighted by atomic mass is 10.3. The zero-order valence-corrected chi connectivity index (χ0v) is 17.5. The van der Waals surface area contributed by atoms with Crippen LogP contribution in [0.25, 0.3) is 0 Å². The summed E-state index contributed by atoms with van der Waals surface area (Å²) in [5.74, 6) is 0.570. The number of amides is 3. The standard InChI is InChI=1S/C21H27N5O4/c1-15-4-9-18(23-21(29)22-16-5-7-17(30-3)8-6-16)20(28)26(15)14-19(27)25-12-10-24(2)11-13-25/h4-9H,10-14H2,1-3H3,(H2,22,23,29). The van der Waals surface area contributed by atoms with Crippen molar-refractivity contribution in [2.45, 2.75) is 13.5 Å². The molecule has 160 valence electrons. The molecule has 1 aromatic carbocycles. The van der Waals surface area contributed by atoms with Gasteiger partial charge in [0, 0.05) is 37.6 Å². The fraction of sp³-hybridized carbons (Fsp3) is 0.381. The van der Waals surface area contributed by atoms with E-state index >= 15 is 0 Å². The number of ether oxygens (including phenoxy) is 1. The van der Waals surface area contributed by atoms with E-state index in [1.54, 1.807) is 55.3 Å². The molecule has 9 nitrogen and oxygen atoms in total. The van der Waals surface area contributed by atoms with Crippen molar-refractivity contribution in [3.05, 3.63) is 52.4 Å². The lowest BCUT2D eigenvalue weighted by Gasteiger charge is -2.32. The van der Waals surface area contributed by atoms with Crippen LogP contribution in [-0.2, 0) is 11.3 Å². The minimum Gasteiger partial charge on any atom is -0.497 e. The number of methoxy groups -OCH3 is 1. The SMILES string of the molecule is COc1ccc(NC(=O)Nc2ccc(C)n(CC(=O)N3CCN(C)CC3)c2=O)cc1. The molecule has 0 aliphatic carbocycles. The molecule has 3 rings (SSSR count). The molecule has 2 N–H and O–H groups in total. The molecule has 0 atom stereocenters. The highest BCUT2D eigenvalue weighted by atomic mass is 16.5. The summed E-state index contributed by atoms with van der Waals surface area (Å²) in [5, 5.41) is 5.23. The molecular weight excluding hydrogens is 386 g/mol. The molecule has 2 heterocycles. The Morgan fingerprint density at radius 3 is 2.30 bits per heavy atom. The van der Waals surface area contributed by atoms with Gasteiger partial charge in [-0.05, 0) is 50.4 Å². The van der Waals surface area contributed by atoms with Crippen molar-refractivity contribution >= 4 is 23.3 Å². The summed E-state index contributed by atoms with van der Waals surface area (Å²) in [6.07, 6.45) is 0. The van der Waals surface area contributed by atoms with Crippen LogP contribution in [0.2, 0.25) is 0 Å². The number of hydrogen-bond acceptors (Lipinski definition) is 5. The predicted octanol–water partition coefficient (Wildman–Crippen LogP) is 1.58. The van der Waals surface area contributed by atoms with Gasteiger partial charge in [-0.15, -0.1) is 0 Å². The van der Waals surface area contributed by atoms with Crippen molar-refractivity contribution in [3.8, 4) is 5.75 Å². The van der Waals surface area contributed by atoms with E-state index in [1.165, 1.54) is 4.57 Å². The molecule has 0 unspecified atom stereocenters. The number of urea groups is 1. The Balaban J connectivity index is 1.68. The van der Waals surface area contributed by atoms with Crippen LogP contribution in [0, 0.1) is 6.92 Å². The number of rotatable bonds is 5. The summed E-state index contributed by atoms with van der Waals surface area (Å²) < 4.78 is 6.48. The molecule has 0 bridgehead atoms. The normalized spacial score (nSPS) is 14.3. The zero-order chi connectivity index (χ0) is 21.7. The number of hydrogen-bond donors (Lipinski definition) is 2. The molecule has 0 spiro atoms. The second kappa shape index (κ2) is 9.45. The Morgan fingerprint density at radius 1 is 1.00 bits per heavy atom. The van der Waals surface area contributed by atoms with Crippen LogP contribution in [-0.4, -0.2) is 66.6 Å². The van der Waals surface area contributed by atoms with Crippen LogP contribution in [0.1, 0.15) is 5.69 Å². The van der Waals surface area contributed by atoms with Crippen molar-refractivity contribution in [2.24, 2.45) is 0 Å². The van der Waals surface area contributed by atoms with Crippen LogP contribution in [0.4, 0.5) is 16.2 Å². The molecular formula is C21H27N5O4. The average molecular weight is 413 g/mol. The molecule has 0 radical (unpaired) electrons. The lowest BCUT2D eigenvalue weighted by molar-refractivity contribution is -0.133. The van der Waals surface area contributed by atoms with Gasteiger partial charge in [0.25, 0.3) is 5.56 Å². The number of likely N-dealkylation sites (N-methyl/N-ethyl adjacent to an activating group) is 1. The first-order valence-electron chi connectivity index (χ1n) is 9.76. The van der Waals surface area contributed by atoms with Crippen LogP contribution >= 0.6 is 0 Å². The highest BCUT2D eigenvalue weighted by Crippen LogP contribution is 2.15. The van der Waals surface area contributed by atoms with Crippen LogP contribution < -0.4 is 20.9 Å². The molecule has 1 aliphatic heterocycles. The van der Waals surface area contributed by atoms with E-state index in [-0.39, 0.29) is 18.1 Å². The summed E-state index contributed by atoms with van der Waals surface area (Å²) in [4.78, 5) is 41.7. The molecule has 1 fully saturated rings. The van der Waals surface area contributed by atoms with Gasteiger partial charge in [0.2, 0.25) is 5.91 Å². The first-order valence-corrected chi connectivity index (χ1v) is 9.76. The first-order chi connectivity index (χ1) is 14.4. The number of piperazine rings is 1. The van der Waals surface area contributed by atoms with E-state index in [0.29, 0.717) is 30.2 Å². The van der Waals surface area contributed by atoms with Crippen molar-refractivity contribution in [1.82, 2.24) is 14.4 Å². The van der Waals surface area contributed by atoms with Crippen LogP contribution in [0.15, 0.2) is 41.2 Å². The number of anilines is 2. The Labute approximate surface area is 175 Å². The molecule has 30 heavy (non-hydrogen) atoms. The molecule has 3 amide bonds. The summed E-state index contributed by atoms with van der Waals surface area (Å²) in [6.45, 7) is 4.63. The highest BCUT2D eigenvalue weighted by molar-refractivity contribution is 5.99. The van der Waals surface area contributed by atoms with Crippen molar-refractivity contribution in [1.29, 1.82) is 0 Å². The van der Waals surface area contributed by atoms with E-state index in [2.05, 4.69) is 15.5 Å². The molecule has 1 saturated heterocycles. The monoisotopic (exact) mass is 413 g/mol. The maximum absolute atomic E-state index is 12.9. The summed E-state index contributed by atoms with van der Waals surface area (Å²) in [7, 11) is 3.58. The third kappa shape index (κ3) is 5.18. The lowest BCUT2D eigenvalue weighted by Crippen LogP contribution is -2.48. The third-order valence-electron chi connectivity index (χ3n) is 5.14. The predicted molar refractivity (Wildman–Crippen MR) is 115 cm³/mol. The van der Waals surface area contributed by atoms with E-state index < -0.39 is 11.6 Å². The van der Waals surface area contributed by atoms with E-state index in [9.17, 15) is 14.4 Å². The topological polar surface area (TPSA) is 95.9 Å². The van der Waals surface area contributed by atoms with Gasteiger partial charge in [-0.2, -0.15) is 0 Å². The number of nitrogens with one attached hydrogen (secondary N) is 2. The second-order valence-electron chi connectivity index (χ2n) is 7.27. The van der Waals surface area contributed by atoms with Crippen LogP contribution in [0.5, 0.6) is 5.75 Å². The fourth-order valence-electron chi connectivity index (χ4n) is 3.21. The molecule has 0 saturated carbocycles. The van der Waals surface area contributed by atoms with Gasteiger partial charge in [0.05, 0.1) is 7.11 Å². The third-order valence-corrected chi connectivity index (χ3v) is 5.14. The number of pyridine rings is 1. The Morgan fingerprint density at radius 2 is 1.67 bits per heavy atom. The van der Waals surface area contributed by atoms with Gasteiger partial charge in [-0.1, -0.05) is 0 Å². The quantitative estimate of drug-likeness (QED) is 0.776. The Hall–Kier alpha value is -3.33. The zero-order valence-electron chi connectivity index (χ0n) is 17.5. The number of carbonyl (C=O) groups is 2. The van der Waals surface area contributed by atoms with Gasteiger partial charge in [0.15, 0.2) is 0 Å². The number of nitrogens with zero attached hydrogens (tertiary/aromatic N) is 3. The minimum atomic E-state index is -0.543. The summed E-state index contributed by atoms with van der Waals surface area (Å²) in [6, 6.07) is 9.54. The van der Waals surface area contributed by atoms with Crippen molar-refractivity contribution in [2.75, 3.05) is 51.0 Å². The van der Waals surface area contributed by atoms with Gasteiger partial charge >= 0.3 is 6.03 Å². The molecule has 1 aromatic heterocycles. The van der Waals surface area contributed by atoms with E-state index in [4.69, 9.17) is 4.74 Å². The smallest absolute Gasteiger partial charge is 0.323 e. The fourth-order valence-corrected chi connectivity index (χ4v) is 3.21. The maximum Gasteiger partial charge on any atom is 0.323 e. The Bertz CT molecular complexity index is 962. The number of carbonyl (C=O) groups excluding carboxylic acids is 2. The van der Waals surface area contributed by atoms with Crippen molar-refractivity contribution < 1.29 is 14.3 Å². The number of aryl methyl sites for hydroxylation is 1. The van der Waals surface area contributed by atoms with E-state index in [0.717, 1.165) is 13.1 Å². The number of benzene rings is 1. The summed E-state index contributed by atoms with van der Waals surface area (Å²) in [5.41, 5.74) is 0.912. The molecule has 9 heteroatoms. The molecule has 2 aromatic rings.